The van der Waals surface area contributed by atoms with Gasteiger partial charge in [0.05, 0.1) is 0 Å². The second-order valence-electron chi connectivity index (χ2n) is 3.15. The number of aliphatic hydroxyl groups is 1. The maximum atomic E-state index is 8.52. The molecule has 12 heavy (non-hydrogen) atoms. The van der Waals surface area contributed by atoms with E-state index in [1.54, 1.807) is 0 Å². The molecule has 0 atom stereocenters. The van der Waals surface area contributed by atoms with Gasteiger partial charge in [-0.2, -0.15) is 11.8 Å². The third kappa shape index (κ3) is 10.3. The van der Waals surface area contributed by atoms with Crippen molar-refractivity contribution in [1.82, 2.24) is 5.32 Å². The summed E-state index contributed by atoms with van der Waals surface area (Å²) in [6, 6.07) is 0.604. The second kappa shape index (κ2) is 9.36. The lowest BCUT2D eigenvalue weighted by Gasteiger charge is -2.06. The van der Waals surface area contributed by atoms with Crippen molar-refractivity contribution in [3.63, 3.8) is 0 Å². The van der Waals surface area contributed by atoms with Crippen LogP contribution in [0.3, 0.4) is 0 Å². The van der Waals surface area contributed by atoms with Crippen LogP contribution < -0.4 is 5.32 Å². The first-order valence-electron chi connectivity index (χ1n) is 4.69. The topological polar surface area (TPSA) is 32.3 Å². The van der Waals surface area contributed by atoms with Crippen molar-refractivity contribution in [3.05, 3.63) is 0 Å². The standard InChI is InChI=1S/C9H21NOS/c1-9(2)10-5-3-7-12-8-4-6-11/h9-11H,3-8H2,1-2H3. The molecule has 0 spiro atoms. The molecule has 2 N–H and O–H groups in total. The zero-order valence-corrected chi connectivity index (χ0v) is 8.99. The summed E-state index contributed by atoms with van der Waals surface area (Å²) >= 11 is 1.93. The van der Waals surface area contributed by atoms with Crippen LogP contribution >= 0.6 is 11.8 Å². The van der Waals surface area contributed by atoms with E-state index in [-0.39, 0.29) is 0 Å². The van der Waals surface area contributed by atoms with E-state index in [2.05, 4.69) is 19.2 Å². The normalized spacial score (nSPS) is 11.0. The molecule has 0 fully saturated rings. The minimum absolute atomic E-state index is 0.331. The Hall–Kier alpha value is 0.270. The summed E-state index contributed by atoms with van der Waals surface area (Å²) in [5, 5.41) is 11.9. The van der Waals surface area contributed by atoms with E-state index in [1.807, 2.05) is 11.8 Å². The summed E-state index contributed by atoms with van der Waals surface area (Å²) in [6.07, 6.45) is 2.16. The van der Waals surface area contributed by atoms with E-state index >= 15 is 0 Å². The Morgan fingerprint density at radius 3 is 2.50 bits per heavy atom. The summed E-state index contributed by atoms with van der Waals surface area (Å²) in [6.45, 7) is 5.78. The lowest BCUT2D eigenvalue weighted by molar-refractivity contribution is 0.296. The van der Waals surface area contributed by atoms with E-state index in [4.69, 9.17) is 5.11 Å². The van der Waals surface area contributed by atoms with Crippen molar-refractivity contribution >= 4 is 11.8 Å². The highest BCUT2D eigenvalue weighted by Crippen LogP contribution is 2.03. The van der Waals surface area contributed by atoms with E-state index in [0.717, 1.165) is 18.7 Å². The lowest BCUT2D eigenvalue weighted by atomic mass is 10.4. The molecule has 0 saturated heterocycles. The van der Waals surface area contributed by atoms with Crippen molar-refractivity contribution < 1.29 is 5.11 Å². The first-order valence-corrected chi connectivity index (χ1v) is 5.85. The molecular formula is C9H21NOS. The highest BCUT2D eigenvalue weighted by Gasteiger charge is 1.92. The summed E-state index contributed by atoms with van der Waals surface area (Å²) in [5.41, 5.74) is 0. The van der Waals surface area contributed by atoms with Gasteiger partial charge in [0.25, 0.3) is 0 Å². The fraction of sp³-hybridized carbons (Fsp3) is 1.00. The van der Waals surface area contributed by atoms with Gasteiger partial charge in [0.15, 0.2) is 0 Å². The summed E-state index contributed by atoms with van der Waals surface area (Å²) in [5.74, 6) is 2.30. The molecule has 0 aliphatic heterocycles. The molecule has 0 saturated carbocycles. The molecule has 74 valence electrons. The molecule has 0 unspecified atom stereocenters. The highest BCUT2D eigenvalue weighted by atomic mass is 32.2. The molecule has 0 rings (SSSR count). The maximum absolute atomic E-state index is 8.52. The van der Waals surface area contributed by atoms with Crippen LogP contribution in [0.4, 0.5) is 0 Å². The second-order valence-corrected chi connectivity index (χ2v) is 4.38. The Bertz CT molecular complexity index is 88.6. The van der Waals surface area contributed by atoms with E-state index in [1.165, 1.54) is 12.2 Å². The lowest BCUT2D eigenvalue weighted by Crippen LogP contribution is -2.23. The molecule has 0 radical (unpaired) electrons. The average Bonchev–Trinajstić information content (AvgIpc) is 2.02. The molecule has 0 aromatic carbocycles. The third-order valence-corrected chi connectivity index (χ3v) is 2.62. The Balaban J connectivity index is 2.82. The van der Waals surface area contributed by atoms with Crippen molar-refractivity contribution in [1.29, 1.82) is 0 Å². The predicted octanol–water partition coefficient (Wildman–Crippen LogP) is 1.49. The van der Waals surface area contributed by atoms with Crippen molar-refractivity contribution in [2.75, 3.05) is 24.7 Å². The maximum Gasteiger partial charge on any atom is 0.0438 e. The number of nitrogens with one attached hydrogen (secondary N) is 1. The van der Waals surface area contributed by atoms with Gasteiger partial charge in [0.2, 0.25) is 0 Å². The highest BCUT2D eigenvalue weighted by molar-refractivity contribution is 7.99. The van der Waals surface area contributed by atoms with Crippen LogP contribution in [0.1, 0.15) is 26.7 Å². The Morgan fingerprint density at radius 1 is 1.25 bits per heavy atom. The van der Waals surface area contributed by atoms with Gasteiger partial charge in [0, 0.05) is 12.6 Å². The van der Waals surface area contributed by atoms with Crippen LogP contribution in [0.5, 0.6) is 0 Å². The number of hydrogen-bond donors (Lipinski definition) is 2. The SMILES string of the molecule is CC(C)NCCCSCCCO. The summed E-state index contributed by atoms with van der Waals surface area (Å²) in [4.78, 5) is 0. The molecule has 0 aromatic rings. The first kappa shape index (κ1) is 12.3. The number of aliphatic hydroxyl groups excluding tert-OH is 1. The Labute approximate surface area is 80.1 Å². The first-order chi connectivity index (χ1) is 5.77. The molecule has 0 heterocycles. The van der Waals surface area contributed by atoms with Crippen LogP contribution in [-0.2, 0) is 0 Å². The molecule has 0 aliphatic carbocycles. The molecule has 0 amide bonds. The molecule has 0 aliphatic rings. The minimum Gasteiger partial charge on any atom is -0.396 e. The van der Waals surface area contributed by atoms with Gasteiger partial charge in [-0.05, 0) is 30.9 Å². The smallest absolute Gasteiger partial charge is 0.0438 e. The zero-order valence-electron chi connectivity index (χ0n) is 8.18. The molecule has 2 nitrogen and oxygen atoms in total. The zero-order chi connectivity index (χ0) is 9.23. The Morgan fingerprint density at radius 2 is 1.92 bits per heavy atom. The van der Waals surface area contributed by atoms with Crippen molar-refractivity contribution in [2.24, 2.45) is 0 Å². The molecule has 0 aromatic heterocycles. The van der Waals surface area contributed by atoms with Gasteiger partial charge in [0.1, 0.15) is 0 Å². The quantitative estimate of drug-likeness (QED) is 0.570. The fourth-order valence-corrected chi connectivity index (χ4v) is 1.72. The van der Waals surface area contributed by atoms with Crippen molar-refractivity contribution in [3.8, 4) is 0 Å². The van der Waals surface area contributed by atoms with E-state index in [0.29, 0.717) is 12.6 Å². The van der Waals surface area contributed by atoms with Crippen LogP contribution in [0.15, 0.2) is 0 Å². The number of rotatable bonds is 8. The van der Waals surface area contributed by atoms with Gasteiger partial charge in [-0.15, -0.1) is 0 Å². The predicted molar refractivity (Wildman–Crippen MR) is 56.8 cm³/mol. The van der Waals surface area contributed by atoms with E-state index < -0.39 is 0 Å². The number of thioether (sulfide) groups is 1. The van der Waals surface area contributed by atoms with Gasteiger partial charge in [-0.3, -0.25) is 0 Å². The largest absolute Gasteiger partial charge is 0.396 e. The van der Waals surface area contributed by atoms with Gasteiger partial charge < -0.3 is 10.4 Å². The Kier molecular flexibility index (Phi) is 9.57. The molecule has 3 heteroatoms. The van der Waals surface area contributed by atoms with Crippen molar-refractivity contribution in [2.45, 2.75) is 32.7 Å². The van der Waals surface area contributed by atoms with Gasteiger partial charge in [-0.1, -0.05) is 13.8 Å². The van der Waals surface area contributed by atoms with Crippen LogP contribution in [0, 0.1) is 0 Å². The molecular weight excluding hydrogens is 170 g/mol. The fourth-order valence-electron chi connectivity index (χ4n) is 0.834. The van der Waals surface area contributed by atoms with Crippen LogP contribution in [0.25, 0.3) is 0 Å². The molecule has 0 bridgehead atoms. The van der Waals surface area contributed by atoms with Crippen LogP contribution in [-0.4, -0.2) is 35.8 Å². The summed E-state index contributed by atoms with van der Waals surface area (Å²) in [7, 11) is 0. The number of hydrogen-bond acceptors (Lipinski definition) is 3. The van der Waals surface area contributed by atoms with Crippen LogP contribution in [0.2, 0.25) is 0 Å². The van der Waals surface area contributed by atoms with E-state index in [9.17, 15) is 0 Å². The van der Waals surface area contributed by atoms with Gasteiger partial charge in [-0.25, -0.2) is 0 Å². The van der Waals surface area contributed by atoms with Gasteiger partial charge >= 0.3 is 0 Å². The summed E-state index contributed by atoms with van der Waals surface area (Å²) < 4.78 is 0. The average molecular weight is 191 g/mol. The minimum atomic E-state index is 0.331. The third-order valence-electron chi connectivity index (χ3n) is 1.46. The monoisotopic (exact) mass is 191 g/mol.